The van der Waals surface area contributed by atoms with Gasteiger partial charge in [-0.3, -0.25) is 4.79 Å². The Hall–Kier alpha value is -1.40. The molecule has 1 heterocycles. The van der Waals surface area contributed by atoms with Crippen molar-refractivity contribution in [3.05, 3.63) is 35.9 Å². The van der Waals surface area contributed by atoms with Crippen molar-refractivity contribution in [1.82, 2.24) is 4.31 Å². The summed E-state index contributed by atoms with van der Waals surface area (Å²) in [4.78, 5) is 11.2. The van der Waals surface area contributed by atoms with Gasteiger partial charge >= 0.3 is 5.97 Å². The number of hydrogen-bond donors (Lipinski definition) is 1. The Morgan fingerprint density at radius 3 is 2.60 bits per heavy atom. The Morgan fingerprint density at radius 2 is 1.95 bits per heavy atom. The van der Waals surface area contributed by atoms with E-state index >= 15 is 0 Å². The number of hydrogen-bond acceptors (Lipinski definition) is 3. The summed E-state index contributed by atoms with van der Waals surface area (Å²) in [5.74, 6) is -1.09. The number of aryl methyl sites for hydroxylation is 1. The van der Waals surface area contributed by atoms with Crippen molar-refractivity contribution in [1.29, 1.82) is 0 Å². The molecule has 1 atom stereocenters. The number of carboxylic acids is 1. The molecular formula is C14H19NO4S. The van der Waals surface area contributed by atoms with E-state index in [2.05, 4.69) is 0 Å². The average molecular weight is 297 g/mol. The lowest BCUT2D eigenvalue weighted by Crippen LogP contribution is -2.48. The van der Waals surface area contributed by atoms with E-state index in [4.69, 9.17) is 5.11 Å². The zero-order valence-corrected chi connectivity index (χ0v) is 12.1. The Balaban J connectivity index is 2.06. The molecule has 1 aromatic carbocycles. The highest BCUT2D eigenvalue weighted by Gasteiger charge is 2.36. The zero-order valence-electron chi connectivity index (χ0n) is 11.2. The van der Waals surface area contributed by atoms with Gasteiger partial charge in [0.25, 0.3) is 0 Å². The van der Waals surface area contributed by atoms with Gasteiger partial charge in [-0.1, -0.05) is 30.3 Å². The molecule has 1 aromatic rings. The number of nitrogens with zero attached hydrogens (tertiary/aromatic N) is 1. The van der Waals surface area contributed by atoms with Gasteiger partial charge < -0.3 is 5.11 Å². The van der Waals surface area contributed by atoms with Gasteiger partial charge in [0.15, 0.2) is 0 Å². The third-order valence-electron chi connectivity index (χ3n) is 3.59. The van der Waals surface area contributed by atoms with Crippen LogP contribution in [0.15, 0.2) is 30.3 Å². The number of benzene rings is 1. The molecule has 110 valence electrons. The first-order valence-electron chi connectivity index (χ1n) is 6.77. The molecule has 0 radical (unpaired) electrons. The number of carbonyl (C=O) groups is 1. The van der Waals surface area contributed by atoms with Gasteiger partial charge in [0.1, 0.15) is 6.04 Å². The molecule has 1 aliphatic rings. The van der Waals surface area contributed by atoms with Crippen LogP contribution in [0.5, 0.6) is 0 Å². The standard InChI is InChI=1S/C14H19NO4S/c16-14(17)13-8-4-5-10-15(13)20(18,19)11-9-12-6-2-1-3-7-12/h1-3,6-7,13H,4-5,8-11H2,(H,16,17)/t13-/m0/s1. The van der Waals surface area contributed by atoms with Gasteiger partial charge in [0.2, 0.25) is 10.0 Å². The van der Waals surface area contributed by atoms with E-state index < -0.39 is 22.0 Å². The number of carboxylic acid groups (broad SMARTS) is 1. The molecule has 0 saturated carbocycles. The van der Waals surface area contributed by atoms with Crippen molar-refractivity contribution >= 4 is 16.0 Å². The molecule has 0 aromatic heterocycles. The Labute approximate surface area is 119 Å². The van der Waals surface area contributed by atoms with Crippen LogP contribution in [0.3, 0.4) is 0 Å². The van der Waals surface area contributed by atoms with Gasteiger partial charge in [-0.15, -0.1) is 0 Å². The highest BCUT2D eigenvalue weighted by atomic mass is 32.2. The van der Waals surface area contributed by atoms with Crippen LogP contribution in [0.25, 0.3) is 0 Å². The summed E-state index contributed by atoms with van der Waals surface area (Å²) in [5, 5.41) is 9.15. The fourth-order valence-corrected chi connectivity index (χ4v) is 4.21. The van der Waals surface area contributed by atoms with E-state index in [0.717, 1.165) is 18.4 Å². The summed E-state index contributed by atoms with van der Waals surface area (Å²) < 4.78 is 25.8. The first-order valence-corrected chi connectivity index (χ1v) is 8.38. The molecule has 1 fully saturated rings. The lowest BCUT2D eigenvalue weighted by Gasteiger charge is -2.31. The smallest absolute Gasteiger partial charge is 0.322 e. The van der Waals surface area contributed by atoms with Gasteiger partial charge in [-0.25, -0.2) is 8.42 Å². The summed E-state index contributed by atoms with van der Waals surface area (Å²) >= 11 is 0. The Morgan fingerprint density at radius 1 is 1.25 bits per heavy atom. The normalized spacial score (nSPS) is 20.7. The van der Waals surface area contributed by atoms with E-state index in [0.29, 0.717) is 19.4 Å². The van der Waals surface area contributed by atoms with Crippen LogP contribution in [0.4, 0.5) is 0 Å². The van der Waals surface area contributed by atoms with Crippen LogP contribution in [0.1, 0.15) is 24.8 Å². The molecule has 0 spiro atoms. The van der Waals surface area contributed by atoms with E-state index in [1.807, 2.05) is 30.3 Å². The molecule has 1 N–H and O–H groups in total. The van der Waals surface area contributed by atoms with Gasteiger partial charge in [-0.05, 0) is 31.2 Å². The van der Waals surface area contributed by atoms with Crippen LogP contribution in [-0.4, -0.2) is 42.1 Å². The molecule has 1 saturated heterocycles. The van der Waals surface area contributed by atoms with Gasteiger partial charge in [0.05, 0.1) is 5.75 Å². The van der Waals surface area contributed by atoms with Crippen molar-refractivity contribution in [3.8, 4) is 0 Å². The summed E-state index contributed by atoms with van der Waals surface area (Å²) in [7, 11) is -3.52. The molecule has 0 bridgehead atoms. The minimum atomic E-state index is -3.52. The maximum atomic E-state index is 12.3. The summed E-state index contributed by atoms with van der Waals surface area (Å²) in [6.07, 6.45) is 2.31. The second-order valence-electron chi connectivity index (χ2n) is 5.01. The lowest BCUT2D eigenvalue weighted by atomic mass is 10.1. The average Bonchev–Trinajstić information content (AvgIpc) is 2.46. The largest absolute Gasteiger partial charge is 0.480 e. The molecule has 0 aliphatic carbocycles. The first-order chi connectivity index (χ1) is 9.50. The second kappa shape index (κ2) is 6.37. The third kappa shape index (κ3) is 3.58. The maximum absolute atomic E-state index is 12.3. The van der Waals surface area contributed by atoms with Crippen molar-refractivity contribution in [2.45, 2.75) is 31.7 Å². The van der Waals surface area contributed by atoms with Gasteiger partial charge in [0, 0.05) is 6.54 Å². The molecule has 0 amide bonds. The summed E-state index contributed by atoms with van der Waals surface area (Å²) in [5.41, 5.74) is 0.944. The summed E-state index contributed by atoms with van der Waals surface area (Å²) in [6.45, 7) is 0.314. The van der Waals surface area contributed by atoms with E-state index in [9.17, 15) is 13.2 Å². The summed E-state index contributed by atoms with van der Waals surface area (Å²) in [6, 6.07) is 8.46. The van der Waals surface area contributed by atoms with Gasteiger partial charge in [-0.2, -0.15) is 4.31 Å². The minimum Gasteiger partial charge on any atom is -0.480 e. The number of aliphatic carboxylic acids is 1. The van der Waals surface area contributed by atoms with Crippen molar-refractivity contribution in [2.24, 2.45) is 0 Å². The topological polar surface area (TPSA) is 74.7 Å². The van der Waals surface area contributed by atoms with Crippen LogP contribution in [-0.2, 0) is 21.2 Å². The van der Waals surface area contributed by atoms with Crippen LogP contribution in [0.2, 0.25) is 0 Å². The predicted octanol–water partition coefficient (Wildman–Crippen LogP) is 1.50. The third-order valence-corrected chi connectivity index (χ3v) is 5.46. The minimum absolute atomic E-state index is 0.0409. The maximum Gasteiger partial charge on any atom is 0.322 e. The monoisotopic (exact) mass is 297 g/mol. The highest BCUT2D eigenvalue weighted by molar-refractivity contribution is 7.89. The predicted molar refractivity (Wildman–Crippen MR) is 75.9 cm³/mol. The van der Waals surface area contributed by atoms with Crippen molar-refractivity contribution in [3.63, 3.8) is 0 Å². The molecular weight excluding hydrogens is 278 g/mol. The molecule has 1 aliphatic heterocycles. The second-order valence-corrected chi connectivity index (χ2v) is 7.05. The Bertz CT molecular complexity index is 556. The van der Waals surface area contributed by atoms with Crippen LogP contribution in [0, 0.1) is 0 Å². The fourth-order valence-electron chi connectivity index (χ4n) is 2.49. The zero-order chi connectivity index (χ0) is 14.6. The molecule has 0 unspecified atom stereocenters. The van der Waals surface area contributed by atoms with Crippen LogP contribution < -0.4 is 0 Å². The van der Waals surface area contributed by atoms with Crippen LogP contribution >= 0.6 is 0 Å². The number of piperidine rings is 1. The van der Waals surface area contributed by atoms with E-state index in [1.54, 1.807) is 0 Å². The highest BCUT2D eigenvalue weighted by Crippen LogP contribution is 2.21. The van der Waals surface area contributed by atoms with Crippen molar-refractivity contribution in [2.75, 3.05) is 12.3 Å². The van der Waals surface area contributed by atoms with E-state index in [1.165, 1.54) is 4.31 Å². The molecule has 2 rings (SSSR count). The number of sulfonamides is 1. The molecule has 6 heteroatoms. The molecule has 5 nitrogen and oxygen atoms in total. The Kier molecular flexibility index (Phi) is 4.77. The van der Waals surface area contributed by atoms with Crippen molar-refractivity contribution < 1.29 is 18.3 Å². The first kappa shape index (κ1) is 15.0. The SMILES string of the molecule is O=C(O)[C@@H]1CCCCN1S(=O)(=O)CCc1ccccc1. The fraction of sp³-hybridized carbons (Fsp3) is 0.500. The quantitative estimate of drug-likeness (QED) is 0.893. The lowest BCUT2D eigenvalue weighted by molar-refractivity contribution is -0.142. The number of rotatable bonds is 5. The van der Waals surface area contributed by atoms with E-state index in [-0.39, 0.29) is 5.75 Å². The molecule has 20 heavy (non-hydrogen) atoms.